The van der Waals surface area contributed by atoms with E-state index in [0.29, 0.717) is 18.5 Å². The summed E-state index contributed by atoms with van der Waals surface area (Å²) in [6.45, 7) is 1.20. The number of rotatable bonds is 3. The van der Waals surface area contributed by atoms with Crippen molar-refractivity contribution in [2.45, 2.75) is 12.8 Å². The first-order valence-electron chi connectivity index (χ1n) is 8.89. The van der Waals surface area contributed by atoms with Crippen LogP contribution in [-0.4, -0.2) is 34.1 Å². The Morgan fingerprint density at radius 2 is 2.07 bits per heavy atom. The zero-order chi connectivity index (χ0) is 18.8. The van der Waals surface area contributed by atoms with Crippen LogP contribution in [0.25, 0.3) is 22.0 Å². The molecule has 27 heavy (non-hydrogen) atoms. The summed E-state index contributed by atoms with van der Waals surface area (Å²) in [4.78, 5) is 22.4. The number of piperidine rings is 1. The van der Waals surface area contributed by atoms with E-state index in [0.717, 1.165) is 40.8 Å². The molecule has 2 aromatic carbocycles. The van der Waals surface area contributed by atoms with Gasteiger partial charge >= 0.3 is 5.97 Å². The monoisotopic (exact) mass is 358 g/mol. The van der Waals surface area contributed by atoms with Crippen molar-refractivity contribution < 1.29 is 9.90 Å². The van der Waals surface area contributed by atoms with Crippen molar-refractivity contribution in [3.05, 3.63) is 54.4 Å². The van der Waals surface area contributed by atoms with Crippen LogP contribution in [0, 0.1) is 17.2 Å². The summed E-state index contributed by atoms with van der Waals surface area (Å²) in [5.74, 6) is -0.401. The Bertz CT molecular complexity index is 1050. The highest BCUT2D eigenvalue weighted by Gasteiger charge is 2.27. The van der Waals surface area contributed by atoms with Crippen molar-refractivity contribution >= 4 is 22.7 Å². The van der Waals surface area contributed by atoms with Gasteiger partial charge in [-0.2, -0.15) is 5.26 Å². The summed E-state index contributed by atoms with van der Waals surface area (Å²) in [6.07, 6.45) is 3.03. The second-order valence-corrected chi connectivity index (χ2v) is 6.71. The number of carboxylic acid groups (broad SMARTS) is 1. The molecule has 0 saturated carbocycles. The summed E-state index contributed by atoms with van der Waals surface area (Å²) in [5.41, 5.74) is 3.25. The SMILES string of the molecule is N#Cc1cccc(-c2cccc3ncnc(N4CCCC(C(=O)O)C4)c23)c1. The molecule has 1 unspecified atom stereocenters. The number of nitrogens with zero attached hydrogens (tertiary/aromatic N) is 4. The quantitative estimate of drug-likeness (QED) is 0.771. The third-order valence-electron chi connectivity index (χ3n) is 5.02. The lowest BCUT2D eigenvalue weighted by Crippen LogP contribution is -2.39. The maximum absolute atomic E-state index is 11.5. The van der Waals surface area contributed by atoms with Gasteiger partial charge in [-0.05, 0) is 42.2 Å². The normalized spacial score (nSPS) is 16.9. The number of aliphatic carboxylic acids is 1. The molecule has 3 aromatic rings. The highest BCUT2D eigenvalue weighted by molar-refractivity contribution is 6.02. The number of carbonyl (C=O) groups is 1. The van der Waals surface area contributed by atoms with Gasteiger partial charge in [-0.25, -0.2) is 9.97 Å². The van der Waals surface area contributed by atoms with Gasteiger partial charge in [0.15, 0.2) is 0 Å². The first-order valence-corrected chi connectivity index (χ1v) is 8.89. The van der Waals surface area contributed by atoms with Gasteiger partial charge in [-0.3, -0.25) is 4.79 Å². The predicted octanol–water partition coefficient (Wildman–Crippen LogP) is 3.47. The van der Waals surface area contributed by atoms with Crippen LogP contribution >= 0.6 is 0 Å². The average molecular weight is 358 g/mol. The third-order valence-corrected chi connectivity index (χ3v) is 5.02. The van der Waals surface area contributed by atoms with E-state index in [1.807, 2.05) is 41.3 Å². The highest BCUT2D eigenvalue weighted by Crippen LogP contribution is 2.35. The molecule has 4 rings (SSSR count). The molecule has 0 bridgehead atoms. The molecule has 1 aliphatic rings. The van der Waals surface area contributed by atoms with Crippen LogP contribution in [0.4, 0.5) is 5.82 Å². The highest BCUT2D eigenvalue weighted by atomic mass is 16.4. The van der Waals surface area contributed by atoms with Gasteiger partial charge in [0, 0.05) is 13.1 Å². The fraction of sp³-hybridized carbons (Fsp3) is 0.238. The van der Waals surface area contributed by atoms with E-state index in [4.69, 9.17) is 0 Å². The van der Waals surface area contributed by atoms with Crippen molar-refractivity contribution in [2.24, 2.45) is 5.92 Å². The Hall–Kier alpha value is -3.46. The number of carboxylic acids is 1. The predicted molar refractivity (Wildman–Crippen MR) is 102 cm³/mol. The van der Waals surface area contributed by atoms with Crippen molar-refractivity contribution in [3.63, 3.8) is 0 Å². The number of anilines is 1. The van der Waals surface area contributed by atoms with E-state index >= 15 is 0 Å². The molecule has 0 spiro atoms. The second-order valence-electron chi connectivity index (χ2n) is 6.71. The van der Waals surface area contributed by atoms with Gasteiger partial charge in [0.25, 0.3) is 0 Å². The first kappa shape index (κ1) is 17.0. The zero-order valence-electron chi connectivity index (χ0n) is 14.7. The van der Waals surface area contributed by atoms with Crippen LogP contribution in [0.3, 0.4) is 0 Å². The molecule has 134 valence electrons. The average Bonchev–Trinajstić information content (AvgIpc) is 2.73. The minimum absolute atomic E-state index is 0.391. The van der Waals surface area contributed by atoms with Crippen molar-refractivity contribution in [1.82, 2.24) is 9.97 Å². The van der Waals surface area contributed by atoms with Crippen LogP contribution < -0.4 is 4.90 Å². The molecule has 1 atom stereocenters. The fourth-order valence-corrected chi connectivity index (χ4v) is 3.70. The molecule has 1 saturated heterocycles. The Morgan fingerprint density at radius 3 is 2.89 bits per heavy atom. The van der Waals surface area contributed by atoms with E-state index in [9.17, 15) is 15.2 Å². The van der Waals surface area contributed by atoms with E-state index in [1.165, 1.54) is 6.33 Å². The van der Waals surface area contributed by atoms with Gasteiger partial charge < -0.3 is 10.0 Å². The molecular weight excluding hydrogens is 340 g/mol. The fourth-order valence-electron chi connectivity index (χ4n) is 3.70. The second kappa shape index (κ2) is 7.04. The van der Waals surface area contributed by atoms with Crippen LogP contribution in [0.2, 0.25) is 0 Å². The van der Waals surface area contributed by atoms with Crippen LogP contribution in [0.15, 0.2) is 48.8 Å². The summed E-state index contributed by atoms with van der Waals surface area (Å²) >= 11 is 0. The van der Waals surface area contributed by atoms with Crippen molar-refractivity contribution in [3.8, 4) is 17.2 Å². The Kier molecular flexibility index (Phi) is 4.43. The number of fused-ring (bicyclic) bond motifs is 1. The summed E-state index contributed by atoms with van der Waals surface area (Å²) in [6, 6.07) is 15.5. The largest absolute Gasteiger partial charge is 0.481 e. The van der Waals surface area contributed by atoms with Gasteiger partial charge in [0.1, 0.15) is 12.1 Å². The molecule has 1 fully saturated rings. The molecule has 0 aliphatic carbocycles. The maximum atomic E-state index is 11.5. The molecule has 0 radical (unpaired) electrons. The summed E-state index contributed by atoms with van der Waals surface area (Å²) in [5, 5.41) is 19.5. The van der Waals surface area contributed by atoms with Gasteiger partial charge in [-0.1, -0.05) is 24.3 Å². The molecular formula is C21H18N4O2. The minimum atomic E-state index is -0.764. The van der Waals surface area contributed by atoms with Crippen LogP contribution in [-0.2, 0) is 4.79 Å². The molecule has 6 heteroatoms. The van der Waals surface area contributed by atoms with Gasteiger partial charge in [0.05, 0.1) is 28.5 Å². The lowest BCUT2D eigenvalue weighted by molar-refractivity contribution is -0.141. The van der Waals surface area contributed by atoms with E-state index in [1.54, 1.807) is 6.07 Å². The standard InChI is InChI=1S/C21H18N4O2/c22-11-14-4-1-5-15(10-14)17-7-2-8-18-19(17)20(24-13-23-18)25-9-3-6-16(12-25)21(26)27/h1-2,4-5,7-8,10,13,16H,3,6,9,12H2,(H,26,27). The molecule has 1 aromatic heterocycles. The number of hydrogen-bond donors (Lipinski definition) is 1. The maximum Gasteiger partial charge on any atom is 0.308 e. The lowest BCUT2D eigenvalue weighted by atomic mass is 9.96. The van der Waals surface area contributed by atoms with Crippen LogP contribution in [0.5, 0.6) is 0 Å². The topological polar surface area (TPSA) is 90.1 Å². The van der Waals surface area contributed by atoms with Gasteiger partial charge in [0.2, 0.25) is 0 Å². The number of nitriles is 1. The Morgan fingerprint density at radius 1 is 1.22 bits per heavy atom. The molecule has 1 aliphatic heterocycles. The lowest BCUT2D eigenvalue weighted by Gasteiger charge is -2.32. The molecule has 0 amide bonds. The minimum Gasteiger partial charge on any atom is -0.481 e. The number of benzene rings is 2. The number of hydrogen-bond acceptors (Lipinski definition) is 5. The Balaban J connectivity index is 1.87. The first-order chi connectivity index (χ1) is 13.2. The molecule has 1 N–H and O–H groups in total. The molecule has 6 nitrogen and oxygen atoms in total. The molecule has 2 heterocycles. The van der Waals surface area contributed by atoms with E-state index < -0.39 is 11.9 Å². The van der Waals surface area contributed by atoms with Crippen molar-refractivity contribution in [1.29, 1.82) is 5.26 Å². The summed E-state index contributed by atoms with van der Waals surface area (Å²) < 4.78 is 0. The Labute approximate surface area is 156 Å². The summed E-state index contributed by atoms with van der Waals surface area (Å²) in [7, 11) is 0. The number of aromatic nitrogens is 2. The van der Waals surface area contributed by atoms with Crippen LogP contribution in [0.1, 0.15) is 18.4 Å². The van der Waals surface area contributed by atoms with E-state index in [2.05, 4.69) is 16.0 Å². The van der Waals surface area contributed by atoms with E-state index in [-0.39, 0.29) is 0 Å². The van der Waals surface area contributed by atoms with Crippen molar-refractivity contribution in [2.75, 3.05) is 18.0 Å². The third kappa shape index (κ3) is 3.20. The smallest absolute Gasteiger partial charge is 0.308 e. The van der Waals surface area contributed by atoms with Gasteiger partial charge in [-0.15, -0.1) is 0 Å². The zero-order valence-corrected chi connectivity index (χ0v) is 14.7.